The van der Waals surface area contributed by atoms with Crippen molar-refractivity contribution in [1.29, 1.82) is 0 Å². The molecule has 0 saturated carbocycles. The fourth-order valence-corrected chi connectivity index (χ4v) is 1.65. The van der Waals surface area contributed by atoms with Crippen LogP contribution in [0.4, 0.5) is 4.39 Å². The number of benzene rings is 1. The van der Waals surface area contributed by atoms with Crippen molar-refractivity contribution in [2.75, 3.05) is 5.33 Å². The molecule has 0 aliphatic rings. The van der Waals surface area contributed by atoms with Crippen LogP contribution in [-0.4, -0.2) is 11.2 Å². The second kappa shape index (κ2) is 6.08. The van der Waals surface area contributed by atoms with Crippen LogP contribution in [0.1, 0.15) is 12.0 Å². The summed E-state index contributed by atoms with van der Waals surface area (Å²) >= 11 is 8.93. The first-order chi connectivity index (χ1) is 7.15. The molecule has 0 aromatic heterocycles. The van der Waals surface area contributed by atoms with Gasteiger partial charge in [0.25, 0.3) is 0 Å². The number of alkyl halides is 1. The highest BCUT2D eigenvalue weighted by atomic mass is 79.9. The lowest BCUT2D eigenvalue weighted by atomic mass is 10.2. The first kappa shape index (κ1) is 12.5. The summed E-state index contributed by atoms with van der Waals surface area (Å²) in [4.78, 5) is 11.1. The van der Waals surface area contributed by atoms with Gasteiger partial charge in [-0.05, 0) is 12.1 Å². The van der Waals surface area contributed by atoms with Crippen LogP contribution in [0, 0.1) is 5.82 Å². The molecule has 15 heavy (non-hydrogen) atoms. The molecule has 0 radical (unpaired) electrons. The molecule has 1 rings (SSSR count). The minimum atomic E-state index is -0.401. The van der Waals surface area contributed by atoms with Gasteiger partial charge >= 0.3 is 0 Å². The van der Waals surface area contributed by atoms with Crippen LogP contribution >= 0.6 is 27.5 Å². The first-order valence-corrected chi connectivity index (χ1v) is 5.90. The lowest BCUT2D eigenvalue weighted by molar-refractivity contribution is -0.120. The lowest BCUT2D eigenvalue weighted by Gasteiger charge is -2.07. The molecule has 0 atom stereocenters. The molecule has 2 nitrogen and oxygen atoms in total. The van der Waals surface area contributed by atoms with Gasteiger partial charge in [0.15, 0.2) is 0 Å². The van der Waals surface area contributed by atoms with Gasteiger partial charge in [0.2, 0.25) is 5.91 Å². The third kappa shape index (κ3) is 3.80. The van der Waals surface area contributed by atoms with E-state index < -0.39 is 5.82 Å². The minimum Gasteiger partial charge on any atom is -0.352 e. The lowest BCUT2D eigenvalue weighted by Crippen LogP contribution is -2.23. The van der Waals surface area contributed by atoms with Gasteiger partial charge in [-0.2, -0.15) is 0 Å². The van der Waals surface area contributed by atoms with Crippen LogP contribution in [0.25, 0.3) is 0 Å². The number of carbonyl (C=O) groups is 1. The Labute approximate surface area is 101 Å². The smallest absolute Gasteiger partial charge is 0.221 e. The van der Waals surface area contributed by atoms with Gasteiger partial charge in [0, 0.05) is 28.9 Å². The molecule has 1 aromatic carbocycles. The van der Waals surface area contributed by atoms with E-state index in [1.165, 1.54) is 12.1 Å². The summed E-state index contributed by atoms with van der Waals surface area (Å²) in [5.74, 6) is -0.534. The quantitative estimate of drug-likeness (QED) is 0.850. The van der Waals surface area contributed by atoms with Crippen molar-refractivity contribution in [3.05, 3.63) is 34.6 Å². The number of nitrogens with one attached hydrogen (secondary N) is 1. The van der Waals surface area contributed by atoms with Crippen LogP contribution in [0.2, 0.25) is 5.02 Å². The van der Waals surface area contributed by atoms with Crippen molar-refractivity contribution in [2.45, 2.75) is 13.0 Å². The summed E-state index contributed by atoms with van der Waals surface area (Å²) in [5.41, 5.74) is 0.321. The Balaban J connectivity index is 2.61. The van der Waals surface area contributed by atoms with E-state index in [4.69, 9.17) is 11.6 Å². The highest BCUT2D eigenvalue weighted by Gasteiger charge is 2.07. The first-order valence-electron chi connectivity index (χ1n) is 4.40. The van der Waals surface area contributed by atoms with Gasteiger partial charge in [0.1, 0.15) is 5.82 Å². The van der Waals surface area contributed by atoms with E-state index in [1.54, 1.807) is 6.07 Å². The van der Waals surface area contributed by atoms with E-state index in [0.29, 0.717) is 22.3 Å². The van der Waals surface area contributed by atoms with E-state index >= 15 is 0 Å². The second-order valence-electron chi connectivity index (χ2n) is 2.92. The van der Waals surface area contributed by atoms with Crippen molar-refractivity contribution in [1.82, 2.24) is 5.32 Å². The minimum absolute atomic E-state index is 0.122. The SMILES string of the molecule is O=C(CCBr)NCc1c(F)cccc1Cl. The molecule has 0 heterocycles. The molecular weight excluding hydrogens is 284 g/mol. The van der Waals surface area contributed by atoms with Crippen LogP contribution in [0.15, 0.2) is 18.2 Å². The van der Waals surface area contributed by atoms with Crippen molar-refractivity contribution < 1.29 is 9.18 Å². The number of hydrogen-bond donors (Lipinski definition) is 1. The number of halogens is 3. The predicted octanol–water partition coefficient (Wildman–Crippen LogP) is 2.88. The van der Waals surface area contributed by atoms with Gasteiger partial charge < -0.3 is 5.32 Å². The zero-order valence-corrected chi connectivity index (χ0v) is 10.2. The number of rotatable bonds is 4. The van der Waals surface area contributed by atoms with E-state index in [0.717, 1.165) is 0 Å². The topological polar surface area (TPSA) is 29.1 Å². The maximum atomic E-state index is 13.2. The van der Waals surface area contributed by atoms with Gasteiger partial charge in [-0.25, -0.2) is 4.39 Å². The second-order valence-corrected chi connectivity index (χ2v) is 4.12. The van der Waals surface area contributed by atoms with Crippen molar-refractivity contribution in [3.63, 3.8) is 0 Å². The molecule has 0 unspecified atom stereocenters. The van der Waals surface area contributed by atoms with E-state index in [1.807, 2.05) is 0 Å². The predicted molar refractivity (Wildman–Crippen MR) is 61.7 cm³/mol. The molecule has 0 aliphatic carbocycles. The van der Waals surface area contributed by atoms with Crippen molar-refractivity contribution in [2.24, 2.45) is 0 Å². The summed E-state index contributed by atoms with van der Waals surface area (Å²) in [6.07, 6.45) is 0.367. The molecular formula is C10H10BrClFNO. The third-order valence-corrected chi connectivity index (χ3v) is 2.60. The average molecular weight is 295 g/mol. The number of amides is 1. The summed E-state index contributed by atoms with van der Waals surface area (Å²) in [6, 6.07) is 4.44. The van der Waals surface area contributed by atoms with E-state index in [9.17, 15) is 9.18 Å². The zero-order chi connectivity index (χ0) is 11.3. The Hall–Kier alpha value is -0.610. The maximum Gasteiger partial charge on any atom is 0.221 e. The Bertz CT molecular complexity index is 339. The van der Waals surface area contributed by atoms with Crippen LogP contribution < -0.4 is 5.32 Å². The summed E-state index contributed by atoms with van der Waals surface area (Å²) in [5, 5.41) is 3.50. The Kier molecular flexibility index (Phi) is 5.05. The Morgan fingerprint density at radius 2 is 2.27 bits per heavy atom. The maximum absolute atomic E-state index is 13.2. The fourth-order valence-electron chi connectivity index (χ4n) is 1.06. The summed E-state index contributed by atoms with van der Waals surface area (Å²) in [7, 11) is 0. The number of hydrogen-bond acceptors (Lipinski definition) is 1. The molecule has 82 valence electrons. The number of carbonyl (C=O) groups excluding carboxylic acids is 1. The normalized spacial score (nSPS) is 10.1. The molecule has 1 amide bonds. The molecule has 1 aromatic rings. The molecule has 0 fully saturated rings. The highest BCUT2D eigenvalue weighted by Crippen LogP contribution is 2.18. The van der Waals surface area contributed by atoms with Gasteiger partial charge in [-0.1, -0.05) is 33.6 Å². The Morgan fingerprint density at radius 1 is 1.53 bits per heavy atom. The van der Waals surface area contributed by atoms with Crippen LogP contribution in [0.5, 0.6) is 0 Å². The standard InChI is InChI=1S/C10H10BrClFNO/c11-5-4-10(15)14-6-7-8(12)2-1-3-9(7)13/h1-3H,4-6H2,(H,14,15). The average Bonchev–Trinajstić information content (AvgIpc) is 2.17. The molecule has 0 bridgehead atoms. The highest BCUT2D eigenvalue weighted by molar-refractivity contribution is 9.09. The molecule has 1 N–H and O–H groups in total. The third-order valence-electron chi connectivity index (χ3n) is 1.85. The zero-order valence-electron chi connectivity index (χ0n) is 7.90. The summed E-state index contributed by atoms with van der Waals surface area (Å²) in [6.45, 7) is 0.122. The van der Waals surface area contributed by atoms with Crippen LogP contribution in [0.3, 0.4) is 0 Å². The fraction of sp³-hybridized carbons (Fsp3) is 0.300. The van der Waals surface area contributed by atoms with Crippen molar-refractivity contribution >= 4 is 33.4 Å². The molecule has 0 spiro atoms. The Morgan fingerprint density at radius 3 is 2.87 bits per heavy atom. The summed E-state index contributed by atoms with van der Waals surface area (Å²) < 4.78 is 13.2. The van der Waals surface area contributed by atoms with Gasteiger partial charge in [-0.3, -0.25) is 4.79 Å². The van der Waals surface area contributed by atoms with Gasteiger partial charge in [0.05, 0.1) is 0 Å². The van der Waals surface area contributed by atoms with E-state index in [-0.39, 0.29) is 12.5 Å². The van der Waals surface area contributed by atoms with E-state index in [2.05, 4.69) is 21.2 Å². The van der Waals surface area contributed by atoms with Crippen molar-refractivity contribution in [3.8, 4) is 0 Å². The largest absolute Gasteiger partial charge is 0.352 e. The molecule has 0 saturated heterocycles. The van der Waals surface area contributed by atoms with Gasteiger partial charge in [-0.15, -0.1) is 0 Å². The molecule has 5 heteroatoms. The monoisotopic (exact) mass is 293 g/mol. The molecule has 0 aliphatic heterocycles. The van der Waals surface area contributed by atoms with Crippen LogP contribution in [-0.2, 0) is 11.3 Å².